The van der Waals surface area contributed by atoms with Gasteiger partial charge < -0.3 is 5.11 Å². The molecule has 0 aromatic heterocycles. The summed E-state index contributed by atoms with van der Waals surface area (Å²) < 4.78 is 11.9. The second-order valence-corrected chi connectivity index (χ2v) is 8.73. The minimum Gasteiger partial charge on any atom is -0.349 e. The van der Waals surface area contributed by atoms with Gasteiger partial charge in [-0.05, 0) is 12.8 Å². The molecule has 0 bridgehead atoms. The molecule has 0 fully saturated rings. The Kier molecular flexibility index (Phi) is 13.7. The smallest absolute Gasteiger partial charge is 0.349 e. The molecule has 21 heavy (non-hydrogen) atoms. The minimum atomic E-state index is -1.46. The lowest BCUT2D eigenvalue weighted by Crippen LogP contribution is -2.17. The highest BCUT2D eigenvalue weighted by Crippen LogP contribution is 2.39. The molecule has 0 aliphatic rings. The third kappa shape index (κ3) is 12.3. The van der Waals surface area contributed by atoms with Gasteiger partial charge in [0.1, 0.15) is 6.16 Å². The van der Waals surface area contributed by atoms with E-state index in [0.717, 1.165) is 12.8 Å². The predicted molar refractivity (Wildman–Crippen MR) is 94.5 cm³/mol. The molecule has 2 unspecified atom stereocenters. The molecule has 0 aromatic rings. The van der Waals surface area contributed by atoms with E-state index < -0.39 is 13.1 Å². The highest BCUT2D eigenvalue weighted by atomic mass is 31.1. The Morgan fingerprint density at radius 2 is 1.14 bits per heavy atom. The summed E-state index contributed by atoms with van der Waals surface area (Å²) in [6.07, 6.45) is 17.1. The van der Waals surface area contributed by atoms with Crippen LogP contribution < -0.4 is 0 Å². The largest absolute Gasteiger partial charge is 0.372 e. The van der Waals surface area contributed by atoms with Crippen molar-refractivity contribution in [3.8, 4) is 0 Å². The van der Waals surface area contributed by atoms with Crippen LogP contribution in [0.4, 0.5) is 0 Å². The first-order chi connectivity index (χ1) is 10.0. The number of hydrogen-bond donors (Lipinski definition) is 1. The lowest BCUT2D eigenvalue weighted by atomic mass is 10.1. The first kappa shape index (κ1) is 21.1. The number of unbranched alkanes of at least 4 members (excludes halogenated alkanes) is 11. The first-order valence-corrected chi connectivity index (χ1v) is 10.7. The molecule has 3 heteroatoms. The van der Waals surface area contributed by atoms with Crippen molar-refractivity contribution >= 4 is 7.80 Å². The Bertz CT molecular complexity index is 252. The lowest BCUT2D eigenvalue weighted by Gasteiger charge is -2.08. The normalized spacial score (nSPS) is 15.0. The van der Waals surface area contributed by atoms with E-state index in [4.69, 9.17) is 0 Å². The van der Waals surface area contributed by atoms with E-state index in [9.17, 15) is 9.67 Å². The Morgan fingerprint density at radius 3 is 1.52 bits per heavy atom. The zero-order valence-corrected chi connectivity index (χ0v) is 15.6. The van der Waals surface area contributed by atoms with Gasteiger partial charge >= 0.3 is 7.80 Å². The van der Waals surface area contributed by atoms with Crippen LogP contribution in [0.5, 0.6) is 0 Å². The fourth-order valence-electron chi connectivity index (χ4n) is 2.51. The van der Waals surface area contributed by atoms with Gasteiger partial charge in [-0.3, -0.25) is 0 Å². The maximum absolute atomic E-state index is 11.9. The summed E-state index contributed by atoms with van der Waals surface area (Å²) in [6.45, 7) is 5.86. The van der Waals surface area contributed by atoms with E-state index in [1.165, 1.54) is 64.2 Å². The van der Waals surface area contributed by atoms with Gasteiger partial charge in [0.25, 0.3) is 5.34 Å². The number of aliphatic hydroxyl groups is 1. The molecule has 0 amide bonds. The monoisotopic (exact) mass is 317 g/mol. The van der Waals surface area contributed by atoms with Crippen LogP contribution in [0.3, 0.4) is 0 Å². The quantitative estimate of drug-likeness (QED) is 0.272. The predicted octanol–water partition coefficient (Wildman–Crippen LogP) is 6.63. The summed E-state index contributed by atoms with van der Waals surface area (Å²) in [4.78, 5) is 0. The van der Waals surface area contributed by atoms with E-state index in [2.05, 4.69) is 6.92 Å². The van der Waals surface area contributed by atoms with Crippen LogP contribution >= 0.6 is 7.80 Å². The fraction of sp³-hybridized carbons (Fsp3) is 1.00. The molecular formula is C18H38O2P+. The van der Waals surface area contributed by atoms with Crippen LogP contribution in [-0.4, -0.2) is 16.6 Å². The Morgan fingerprint density at radius 1 is 0.762 bits per heavy atom. The molecule has 1 N–H and O–H groups in total. The van der Waals surface area contributed by atoms with E-state index in [1.807, 2.05) is 6.92 Å². The highest BCUT2D eigenvalue weighted by molar-refractivity contribution is 7.46. The van der Waals surface area contributed by atoms with Gasteiger partial charge in [0, 0.05) is 13.3 Å². The van der Waals surface area contributed by atoms with Crippen LogP contribution in [0.25, 0.3) is 0 Å². The second-order valence-electron chi connectivity index (χ2n) is 6.56. The lowest BCUT2D eigenvalue weighted by molar-refractivity contribution is 0.142. The molecular weight excluding hydrogens is 279 g/mol. The maximum Gasteiger partial charge on any atom is 0.372 e. The standard InChI is InChI=1S/C18H38O2P/c1-4-6-7-8-9-10-11-12-13-14-15-16-17-21(20)18(3,19)5-2/h19H,4-17H2,1-3H3/q+1. The molecule has 0 rings (SSSR count). The van der Waals surface area contributed by atoms with Crippen LogP contribution in [-0.2, 0) is 4.57 Å². The molecule has 126 valence electrons. The van der Waals surface area contributed by atoms with E-state index in [-0.39, 0.29) is 0 Å². The van der Waals surface area contributed by atoms with E-state index in [0.29, 0.717) is 12.6 Å². The van der Waals surface area contributed by atoms with Crippen molar-refractivity contribution in [2.75, 3.05) is 6.16 Å². The van der Waals surface area contributed by atoms with Crippen molar-refractivity contribution < 1.29 is 9.67 Å². The molecule has 0 radical (unpaired) electrons. The summed E-state index contributed by atoms with van der Waals surface area (Å²) in [6, 6.07) is 0. The Labute approximate surface area is 133 Å². The number of hydrogen-bond acceptors (Lipinski definition) is 2. The van der Waals surface area contributed by atoms with Crippen LogP contribution in [0.1, 0.15) is 104 Å². The van der Waals surface area contributed by atoms with Crippen molar-refractivity contribution in [1.82, 2.24) is 0 Å². The Hall–Kier alpha value is 0.0600. The average Bonchev–Trinajstić information content (AvgIpc) is 2.48. The van der Waals surface area contributed by atoms with Gasteiger partial charge in [-0.2, -0.15) is 0 Å². The van der Waals surface area contributed by atoms with Gasteiger partial charge in [-0.1, -0.05) is 82.6 Å². The SMILES string of the molecule is CCCCCCCCCCCCCC[P+](=O)C(C)(O)CC. The topological polar surface area (TPSA) is 37.3 Å². The van der Waals surface area contributed by atoms with Crippen molar-refractivity contribution in [2.45, 2.75) is 110 Å². The molecule has 0 aromatic carbocycles. The van der Waals surface area contributed by atoms with Gasteiger partial charge in [-0.15, -0.1) is 0 Å². The molecule has 0 saturated heterocycles. The molecule has 2 nitrogen and oxygen atoms in total. The summed E-state index contributed by atoms with van der Waals surface area (Å²) in [5.41, 5.74) is 0. The highest BCUT2D eigenvalue weighted by Gasteiger charge is 2.39. The molecule has 0 heterocycles. The maximum atomic E-state index is 11.9. The van der Waals surface area contributed by atoms with Crippen molar-refractivity contribution in [3.05, 3.63) is 0 Å². The second kappa shape index (κ2) is 13.7. The zero-order chi connectivity index (χ0) is 16.0. The van der Waals surface area contributed by atoms with Gasteiger partial charge in [-0.25, -0.2) is 0 Å². The van der Waals surface area contributed by atoms with E-state index in [1.54, 1.807) is 6.92 Å². The van der Waals surface area contributed by atoms with Crippen LogP contribution in [0.15, 0.2) is 0 Å². The Balaban J connectivity index is 3.25. The summed E-state index contributed by atoms with van der Waals surface area (Å²) >= 11 is 0. The van der Waals surface area contributed by atoms with Gasteiger partial charge in [0.15, 0.2) is 0 Å². The van der Waals surface area contributed by atoms with Crippen LogP contribution in [0.2, 0.25) is 0 Å². The van der Waals surface area contributed by atoms with Gasteiger partial charge in [0.05, 0.1) is 0 Å². The third-order valence-electron chi connectivity index (χ3n) is 4.42. The van der Waals surface area contributed by atoms with E-state index >= 15 is 0 Å². The molecule has 0 aliphatic carbocycles. The zero-order valence-electron chi connectivity index (χ0n) is 14.7. The van der Waals surface area contributed by atoms with Crippen molar-refractivity contribution in [2.24, 2.45) is 0 Å². The first-order valence-electron chi connectivity index (χ1n) is 9.21. The molecule has 0 saturated carbocycles. The molecule has 2 atom stereocenters. The van der Waals surface area contributed by atoms with Crippen LogP contribution in [0, 0.1) is 0 Å². The average molecular weight is 317 g/mol. The number of rotatable bonds is 15. The summed E-state index contributed by atoms with van der Waals surface area (Å²) in [7, 11) is -1.46. The van der Waals surface area contributed by atoms with Crippen molar-refractivity contribution in [3.63, 3.8) is 0 Å². The van der Waals surface area contributed by atoms with Gasteiger partial charge in [0.2, 0.25) is 0 Å². The third-order valence-corrected chi connectivity index (χ3v) is 6.54. The van der Waals surface area contributed by atoms with Crippen molar-refractivity contribution in [1.29, 1.82) is 0 Å². The summed E-state index contributed by atoms with van der Waals surface area (Å²) in [5.74, 6) is 0. The molecule has 0 spiro atoms. The fourth-order valence-corrected chi connectivity index (χ4v) is 3.86. The minimum absolute atomic E-state index is 0.584. The molecule has 0 aliphatic heterocycles. The summed E-state index contributed by atoms with van der Waals surface area (Å²) in [5, 5.41) is 8.93.